The van der Waals surface area contributed by atoms with Crippen LogP contribution < -0.4 is 9.46 Å². The Morgan fingerprint density at radius 1 is 1.28 bits per heavy atom. The van der Waals surface area contributed by atoms with Crippen molar-refractivity contribution in [2.75, 3.05) is 11.8 Å². The third-order valence-corrected chi connectivity index (χ3v) is 5.47. The summed E-state index contributed by atoms with van der Waals surface area (Å²) in [4.78, 5) is -0.405. The maximum atomic E-state index is 14.0. The Morgan fingerprint density at radius 3 is 2.83 bits per heavy atom. The number of rotatable bonds is 6. The van der Waals surface area contributed by atoms with Crippen LogP contribution in [0.3, 0.4) is 0 Å². The largest absolute Gasteiger partial charge is 0.496 e. The van der Waals surface area contributed by atoms with Crippen LogP contribution in [0.5, 0.6) is 5.75 Å². The number of halogens is 3. The average molecular weight is 439 g/mol. The van der Waals surface area contributed by atoms with Gasteiger partial charge in [-0.1, -0.05) is 16.8 Å². The first kappa shape index (κ1) is 19.3. The predicted molar refractivity (Wildman–Crippen MR) is 103 cm³/mol. The van der Waals surface area contributed by atoms with Crippen molar-refractivity contribution < 1.29 is 22.2 Å². The highest BCUT2D eigenvalue weighted by atomic mass is 35.5. The van der Waals surface area contributed by atoms with Gasteiger partial charge in [0.1, 0.15) is 22.8 Å². The van der Waals surface area contributed by atoms with Gasteiger partial charge >= 0.3 is 0 Å². The molecule has 1 unspecified atom stereocenters. The molecule has 4 aromatic rings. The van der Waals surface area contributed by atoms with E-state index in [0.29, 0.717) is 23.3 Å². The molecule has 0 bridgehead atoms. The van der Waals surface area contributed by atoms with Crippen LogP contribution in [0.4, 0.5) is 14.6 Å². The molecule has 1 N–H and O–H groups in total. The van der Waals surface area contributed by atoms with E-state index in [1.807, 2.05) is 6.20 Å². The van der Waals surface area contributed by atoms with E-state index in [0.717, 1.165) is 17.7 Å². The Hall–Kier alpha value is -2.98. The fourth-order valence-electron chi connectivity index (χ4n) is 2.78. The second-order valence-corrected chi connectivity index (χ2v) is 7.56. The van der Waals surface area contributed by atoms with E-state index < -0.39 is 32.5 Å². The van der Waals surface area contributed by atoms with Crippen molar-refractivity contribution in [3.63, 3.8) is 0 Å². The van der Waals surface area contributed by atoms with Crippen molar-refractivity contribution >= 4 is 39.4 Å². The molecule has 2 heterocycles. The summed E-state index contributed by atoms with van der Waals surface area (Å²) < 4.78 is 55.2. The Balaban J connectivity index is 1.68. The second-order valence-electron chi connectivity index (χ2n) is 5.97. The van der Waals surface area contributed by atoms with E-state index in [1.54, 1.807) is 29.1 Å². The maximum Gasteiger partial charge on any atom is 0.193 e. The molecule has 150 valence electrons. The van der Waals surface area contributed by atoms with Crippen molar-refractivity contribution in [2.24, 2.45) is 0 Å². The van der Waals surface area contributed by atoms with Crippen molar-refractivity contribution in [1.29, 1.82) is 0 Å². The van der Waals surface area contributed by atoms with E-state index in [2.05, 4.69) is 15.0 Å². The van der Waals surface area contributed by atoms with Crippen molar-refractivity contribution in [3.05, 3.63) is 64.9 Å². The first-order valence-electron chi connectivity index (χ1n) is 8.23. The van der Waals surface area contributed by atoms with Crippen molar-refractivity contribution in [2.45, 2.75) is 11.4 Å². The molecule has 0 saturated carbocycles. The van der Waals surface area contributed by atoms with Gasteiger partial charge in [-0.15, -0.1) is 0 Å². The molecule has 0 spiro atoms. The van der Waals surface area contributed by atoms with Gasteiger partial charge in [-0.05, 0) is 35.9 Å². The summed E-state index contributed by atoms with van der Waals surface area (Å²) in [5.41, 5.74) is 1.21. The summed E-state index contributed by atoms with van der Waals surface area (Å²) in [6.45, 7) is 0.476. The van der Waals surface area contributed by atoms with Gasteiger partial charge in [0.05, 0.1) is 23.6 Å². The van der Waals surface area contributed by atoms with Gasteiger partial charge in [0, 0.05) is 12.4 Å². The molecule has 2 aromatic heterocycles. The molecule has 0 amide bonds. The number of fused-ring (bicyclic) bond motifs is 1. The zero-order valence-electron chi connectivity index (χ0n) is 14.9. The number of nitrogens with zero attached hydrogens (tertiary/aromatic N) is 3. The van der Waals surface area contributed by atoms with E-state index in [9.17, 15) is 13.0 Å². The molecule has 0 aliphatic heterocycles. The van der Waals surface area contributed by atoms with Crippen LogP contribution in [0.1, 0.15) is 5.56 Å². The summed E-state index contributed by atoms with van der Waals surface area (Å²) in [7, 11) is -0.690. The van der Waals surface area contributed by atoms with Gasteiger partial charge in [-0.25, -0.2) is 13.0 Å². The molecule has 7 nitrogen and oxygen atoms in total. The fraction of sp³-hybridized carbons (Fsp3) is 0.111. The standard InChI is InChI=1S/C18H13ClF2N4O3S/c1-27-14-5-10(9-25-4-2-3-22-25)6-15-17(14)18(23-28-15)24-29(26)16-8-12(20)11(19)7-13(16)21/h2-8H,9H2,1H3,(H,23,24). The quantitative estimate of drug-likeness (QED) is 0.457. The van der Waals surface area contributed by atoms with E-state index in [4.69, 9.17) is 20.9 Å². The number of nitrogens with one attached hydrogen (secondary N) is 1. The number of methoxy groups -OCH3 is 1. The molecule has 11 heteroatoms. The Morgan fingerprint density at radius 2 is 2.10 bits per heavy atom. The lowest BCUT2D eigenvalue weighted by atomic mass is 10.1. The molecule has 2 aromatic carbocycles. The molecule has 0 saturated heterocycles. The number of benzene rings is 2. The SMILES string of the molecule is COc1cc(Cn2cccn2)cc2onc(NS(=O)c3cc(F)c(Cl)cc3F)c12. The van der Waals surface area contributed by atoms with Crippen molar-refractivity contribution in [1.82, 2.24) is 14.9 Å². The van der Waals surface area contributed by atoms with Crippen LogP contribution >= 0.6 is 11.6 Å². The van der Waals surface area contributed by atoms with Crippen LogP contribution in [0.25, 0.3) is 11.0 Å². The molecule has 0 aliphatic rings. The van der Waals surface area contributed by atoms with Crippen LogP contribution in [0.15, 0.2) is 52.1 Å². The Kier molecular flexibility index (Phi) is 5.20. The maximum absolute atomic E-state index is 14.0. The van der Waals surface area contributed by atoms with Gasteiger partial charge in [0.25, 0.3) is 0 Å². The second kappa shape index (κ2) is 7.80. The van der Waals surface area contributed by atoms with E-state index in [-0.39, 0.29) is 5.82 Å². The number of aromatic nitrogens is 3. The van der Waals surface area contributed by atoms with Crippen LogP contribution in [0, 0.1) is 11.6 Å². The predicted octanol–water partition coefficient (Wildman–Crippen LogP) is 4.15. The van der Waals surface area contributed by atoms with Crippen molar-refractivity contribution in [3.8, 4) is 5.75 Å². The number of anilines is 1. The van der Waals surface area contributed by atoms with Gasteiger partial charge in [-0.2, -0.15) is 5.10 Å². The molecule has 29 heavy (non-hydrogen) atoms. The molecule has 1 atom stereocenters. The summed E-state index contributed by atoms with van der Waals surface area (Å²) in [6.07, 6.45) is 3.48. The highest BCUT2D eigenvalue weighted by Gasteiger charge is 2.20. The number of ether oxygens (including phenoxy) is 1. The summed E-state index contributed by atoms with van der Waals surface area (Å²) >= 11 is 5.53. The molecular formula is C18H13ClF2N4O3S. The Bertz CT molecular complexity index is 1210. The van der Waals surface area contributed by atoms with Gasteiger partial charge in [0.15, 0.2) is 22.4 Å². The zero-order chi connectivity index (χ0) is 20.5. The highest BCUT2D eigenvalue weighted by molar-refractivity contribution is 7.86. The van der Waals surface area contributed by atoms with Gasteiger partial charge < -0.3 is 9.26 Å². The third kappa shape index (κ3) is 3.81. The minimum absolute atomic E-state index is 0.0654. The summed E-state index contributed by atoms with van der Waals surface area (Å²) in [5.74, 6) is -1.32. The number of hydrogen-bond donors (Lipinski definition) is 1. The molecule has 0 fully saturated rings. The highest BCUT2D eigenvalue weighted by Crippen LogP contribution is 2.34. The smallest absolute Gasteiger partial charge is 0.193 e. The van der Waals surface area contributed by atoms with Crippen LogP contribution in [-0.2, 0) is 17.5 Å². The van der Waals surface area contributed by atoms with E-state index in [1.165, 1.54) is 7.11 Å². The van der Waals surface area contributed by atoms with Crippen LogP contribution in [0.2, 0.25) is 5.02 Å². The first-order chi connectivity index (χ1) is 14.0. The molecule has 4 rings (SSSR count). The normalized spacial score (nSPS) is 12.3. The van der Waals surface area contributed by atoms with Gasteiger partial charge in [-0.3, -0.25) is 9.40 Å². The lowest BCUT2D eigenvalue weighted by Gasteiger charge is -2.08. The Labute approximate surface area is 170 Å². The zero-order valence-corrected chi connectivity index (χ0v) is 16.4. The molecule has 0 radical (unpaired) electrons. The monoisotopic (exact) mass is 438 g/mol. The topological polar surface area (TPSA) is 82.2 Å². The average Bonchev–Trinajstić information content (AvgIpc) is 3.34. The van der Waals surface area contributed by atoms with Crippen LogP contribution in [-0.4, -0.2) is 26.3 Å². The summed E-state index contributed by atoms with van der Waals surface area (Å²) in [5, 5.41) is 8.02. The molecule has 0 aliphatic carbocycles. The van der Waals surface area contributed by atoms with E-state index >= 15 is 0 Å². The first-order valence-corrected chi connectivity index (χ1v) is 9.75. The lowest BCUT2D eigenvalue weighted by Crippen LogP contribution is -2.08. The molecular weight excluding hydrogens is 426 g/mol. The fourth-order valence-corrected chi connectivity index (χ4v) is 3.80. The minimum Gasteiger partial charge on any atom is -0.496 e. The summed E-state index contributed by atoms with van der Waals surface area (Å²) in [6, 6.07) is 6.83. The minimum atomic E-state index is -2.16. The van der Waals surface area contributed by atoms with Gasteiger partial charge in [0.2, 0.25) is 0 Å². The number of hydrogen-bond acceptors (Lipinski definition) is 5. The lowest BCUT2D eigenvalue weighted by molar-refractivity contribution is 0.418. The third-order valence-electron chi connectivity index (χ3n) is 4.09.